The Morgan fingerprint density at radius 2 is 0.973 bits per heavy atom. The zero-order chi connectivity index (χ0) is 25.6. The van der Waals surface area contributed by atoms with E-state index >= 15 is 0 Å². The van der Waals surface area contributed by atoms with Crippen molar-refractivity contribution in [1.82, 2.24) is 0 Å². The van der Waals surface area contributed by atoms with Gasteiger partial charge in [-0.3, -0.25) is 4.79 Å². The van der Waals surface area contributed by atoms with Crippen LogP contribution in [0, 0.1) is 5.92 Å². The summed E-state index contributed by atoms with van der Waals surface area (Å²) in [5, 5.41) is 10.0. The Morgan fingerprint density at radius 3 is 1.35 bits per heavy atom. The summed E-state index contributed by atoms with van der Waals surface area (Å²) < 4.78 is 0. The minimum atomic E-state index is -0.721. The molecule has 0 radical (unpaired) electrons. The van der Waals surface area contributed by atoms with Gasteiger partial charge in [-0.25, -0.2) is 0 Å². The van der Waals surface area contributed by atoms with Crippen molar-refractivity contribution in [2.45, 2.75) is 56.8 Å². The van der Waals surface area contributed by atoms with E-state index in [0.717, 1.165) is 25.7 Å². The predicted molar refractivity (Wildman–Crippen MR) is 151 cm³/mol. The monoisotopic (exact) mass is 486 g/mol. The van der Waals surface area contributed by atoms with Gasteiger partial charge < -0.3 is 5.11 Å². The van der Waals surface area contributed by atoms with E-state index in [9.17, 15) is 9.90 Å². The van der Waals surface area contributed by atoms with E-state index in [-0.39, 0.29) is 10.8 Å². The van der Waals surface area contributed by atoms with Crippen LogP contribution in [-0.2, 0) is 15.6 Å². The van der Waals surface area contributed by atoms with Gasteiger partial charge in [0.25, 0.3) is 0 Å². The van der Waals surface area contributed by atoms with E-state index in [1.165, 1.54) is 44.5 Å². The summed E-state index contributed by atoms with van der Waals surface area (Å²) in [5.74, 6) is -1.16. The smallest absolute Gasteiger partial charge is 0.306 e. The van der Waals surface area contributed by atoms with Gasteiger partial charge in [-0.05, 0) is 70.2 Å². The van der Waals surface area contributed by atoms with E-state index in [1.54, 1.807) is 0 Å². The van der Waals surface area contributed by atoms with Crippen molar-refractivity contribution >= 4 is 5.97 Å². The Hall–Kier alpha value is -3.65. The summed E-state index contributed by atoms with van der Waals surface area (Å²) in [5.41, 5.74) is 10.2. The standard InChI is InChI=1S/C35H34O2/c1-3-20-34(29-16-8-4-12-25(29)26-13-5-9-17-30(26)34)21-22-35(23-24(2)33(36)37)31-18-10-6-14-27(31)28-15-7-11-19-32(28)35/h4-19,24H,3,20-23H2,1-2H3,(H,36,37). The summed E-state index contributed by atoms with van der Waals surface area (Å²) in [6.07, 6.45) is 4.65. The largest absolute Gasteiger partial charge is 0.481 e. The lowest BCUT2D eigenvalue weighted by Crippen LogP contribution is -2.34. The molecule has 2 nitrogen and oxygen atoms in total. The van der Waals surface area contributed by atoms with Crippen LogP contribution in [0.2, 0.25) is 0 Å². The third kappa shape index (κ3) is 3.49. The van der Waals surface area contributed by atoms with Gasteiger partial charge in [0.2, 0.25) is 0 Å². The minimum Gasteiger partial charge on any atom is -0.481 e. The van der Waals surface area contributed by atoms with E-state index in [1.807, 2.05) is 6.92 Å². The van der Waals surface area contributed by atoms with Crippen LogP contribution in [0.15, 0.2) is 97.1 Å². The van der Waals surface area contributed by atoms with Crippen LogP contribution in [0.1, 0.15) is 68.2 Å². The van der Waals surface area contributed by atoms with Crippen molar-refractivity contribution in [2.75, 3.05) is 0 Å². The molecule has 6 rings (SSSR count). The van der Waals surface area contributed by atoms with Crippen molar-refractivity contribution < 1.29 is 9.90 Å². The summed E-state index contributed by atoms with van der Waals surface area (Å²) >= 11 is 0. The van der Waals surface area contributed by atoms with Crippen LogP contribution in [0.25, 0.3) is 22.3 Å². The molecule has 2 aliphatic carbocycles. The molecule has 186 valence electrons. The third-order valence-corrected chi connectivity index (χ3v) is 9.08. The van der Waals surface area contributed by atoms with Gasteiger partial charge in [-0.15, -0.1) is 0 Å². The normalized spacial score (nSPS) is 16.4. The summed E-state index contributed by atoms with van der Waals surface area (Å²) in [7, 11) is 0. The molecule has 1 N–H and O–H groups in total. The summed E-state index contributed by atoms with van der Waals surface area (Å²) in [6.45, 7) is 4.16. The van der Waals surface area contributed by atoms with Crippen LogP contribution in [0.5, 0.6) is 0 Å². The molecule has 2 aliphatic rings. The van der Waals surface area contributed by atoms with Gasteiger partial charge in [0.05, 0.1) is 5.92 Å². The Balaban J connectivity index is 1.53. The van der Waals surface area contributed by atoms with Gasteiger partial charge in [-0.1, -0.05) is 117 Å². The number of rotatable bonds is 8. The quantitative estimate of drug-likeness (QED) is 0.271. The Labute approximate surface area is 220 Å². The SMILES string of the molecule is CCCC1(CCC2(CC(C)C(=O)O)c3ccccc3-c3ccccc32)c2ccccc2-c2ccccc21. The van der Waals surface area contributed by atoms with Gasteiger partial charge in [0, 0.05) is 10.8 Å². The first-order chi connectivity index (χ1) is 18.0. The first-order valence-electron chi connectivity index (χ1n) is 13.6. The number of fused-ring (bicyclic) bond motifs is 6. The molecule has 0 spiro atoms. The Morgan fingerprint density at radius 1 is 0.622 bits per heavy atom. The van der Waals surface area contributed by atoms with Crippen LogP contribution >= 0.6 is 0 Å². The molecule has 0 fully saturated rings. The highest BCUT2D eigenvalue weighted by atomic mass is 16.4. The fourth-order valence-electron chi connectivity index (χ4n) is 7.55. The number of hydrogen-bond acceptors (Lipinski definition) is 1. The molecule has 4 aromatic carbocycles. The molecule has 1 atom stereocenters. The van der Waals surface area contributed by atoms with E-state index in [4.69, 9.17) is 0 Å². The second kappa shape index (κ2) is 9.03. The number of aliphatic carboxylic acids is 1. The van der Waals surface area contributed by atoms with Gasteiger partial charge in [0.1, 0.15) is 0 Å². The lowest BCUT2D eigenvalue weighted by Gasteiger charge is -2.39. The van der Waals surface area contributed by atoms with Crippen molar-refractivity contribution in [3.63, 3.8) is 0 Å². The second-order valence-corrected chi connectivity index (χ2v) is 11.0. The number of carboxylic acid groups (broad SMARTS) is 1. The van der Waals surface area contributed by atoms with E-state index in [2.05, 4.69) is 104 Å². The highest BCUT2D eigenvalue weighted by Gasteiger charge is 2.48. The van der Waals surface area contributed by atoms with Crippen LogP contribution in [0.4, 0.5) is 0 Å². The van der Waals surface area contributed by atoms with Crippen molar-refractivity contribution in [3.05, 3.63) is 119 Å². The van der Waals surface area contributed by atoms with Crippen molar-refractivity contribution in [3.8, 4) is 22.3 Å². The minimum absolute atomic E-state index is 0.0755. The topological polar surface area (TPSA) is 37.3 Å². The lowest BCUT2D eigenvalue weighted by atomic mass is 9.63. The van der Waals surface area contributed by atoms with Crippen molar-refractivity contribution in [2.24, 2.45) is 5.92 Å². The third-order valence-electron chi connectivity index (χ3n) is 9.08. The lowest BCUT2D eigenvalue weighted by molar-refractivity contribution is -0.141. The zero-order valence-corrected chi connectivity index (χ0v) is 21.7. The first-order valence-corrected chi connectivity index (χ1v) is 13.6. The summed E-state index contributed by atoms with van der Waals surface area (Å²) in [4.78, 5) is 12.2. The maximum absolute atomic E-state index is 12.2. The van der Waals surface area contributed by atoms with Gasteiger partial charge >= 0.3 is 5.97 Å². The molecule has 0 amide bonds. The molecule has 0 bridgehead atoms. The molecule has 0 saturated carbocycles. The maximum atomic E-state index is 12.2. The number of benzene rings is 4. The molecule has 1 unspecified atom stereocenters. The Bertz CT molecular complexity index is 1390. The summed E-state index contributed by atoms with van der Waals surface area (Å²) in [6, 6.07) is 35.2. The molecule has 0 aromatic heterocycles. The van der Waals surface area contributed by atoms with Crippen LogP contribution in [0.3, 0.4) is 0 Å². The first kappa shape index (κ1) is 23.7. The molecule has 2 heteroatoms. The fourth-order valence-corrected chi connectivity index (χ4v) is 7.55. The molecular weight excluding hydrogens is 452 g/mol. The number of carbonyl (C=O) groups is 1. The van der Waals surface area contributed by atoms with Crippen LogP contribution in [-0.4, -0.2) is 11.1 Å². The maximum Gasteiger partial charge on any atom is 0.306 e. The molecule has 0 aliphatic heterocycles. The number of hydrogen-bond donors (Lipinski definition) is 1. The number of carboxylic acids is 1. The highest BCUT2D eigenvalue weighted by molar-refractivity contribution is 5.83. The highest BCUT2D eigenvalue weighted by Crippen LogP contribution is 2.59. The van der Waals surface area contributed by atoms with Crippen LogP contribution < -0.4 is 0 Å². The fraction of sp³-hybridized carbons (Fsp3) is 0.286. The van der Waals surface area contributed by atoms with Crippen molar-refractivity contribution in [1.29, 1.82) is 0 Å². The van der Waals surface area contributed by atoms with Gasteiger partial charge in [0.15, 0.2) is 0 Å². The predicted octanol–water partition coefficient (Wildman–Crippen LogP) is 8.61. The van der Waals surface area contributed by atoms with Gasteiger partial charge in [-0.2, -0.15) is 0 Å². The molecule has 0 saturated heterocycles. The zero-order valence-electron chi connectivity index (χ0n) is 21.7. The molecule has 37 heavy (non-hydrogen) atoms. The average molecular weight is 487 g/mol. The average Bonchev–Trinajstić information content (AvgIpc) is 3.37. The molecular formula is C35H34O2. The van der Waals surface area contributed by atoms with E-state index in [0.29, 0.717) is 6.42 Å². The second-order valence-electron chi connectivity index (χ2n) is 11.0. The Kier molecular flexibility index (Phi) is 5.79. The molecule has 4 aromatic rings. The molecule has 0 heterocycles. The van der Waals surface area contributed by atoms with E-state index < -0.39 is 11.9 Å².